The largest absolute Gasteiger partial charge is 0.394 e. The molecule has 3 atom stereocenters. The first kappa shape index (κ1) is 14.3. The van der Waals surface area contributed by atoms with Gasteiger partial charge in [-0.2, -0.15) is 0 Å². The van der Waals surface area contributed by atoms with E-state index in [9.17, 15) is 9.90 Å². The second-order valence-corrected chi connectivity index (χ2v) is 4.72. The number of nitrogens with one attached hydrogen (secondary N) is 1. The highest BCUT2D eigenvalue weighted by Crippen LogP contribution is 2.26. The average molecular weight is 290 g/mol. The van der Waals surface area contributed by atoms with Gasteiger partial charge in [0.1, 0.15) is 17.8 Å². The van der Waals surface area contributed by atoms with Gasteiger partial charge in [-0.3, -0.25) is 14.5 Å². The molecule has 1 fully saturated rings. The number of halogens is 1. The molecule has 1 aromatic heterocycles. The third-order valence-corrected chi connectivity index (χ3v) is 3.31. The maximum Gasteiger partial charge on any atom is 0.331 e. The van der Waals surface area contributed by atoms with Crippen molar-refractivity contribution in [2.75, 3.05) is 12.5 Å². The molecule has 0 amide bonds. The van der Waals surface area contributed by atoms with Gasteiger partial charge in [-0.05, 0) is 6.07 Å². The Labute approximate surface area is 114 Å². The quantitative estimate of drug-likeness (QED) is 0.620. The van der Waals surface area contributed by atoms with Crippen molar-refractivity contribution >= 4 is 11.6 Å². The number of rotatable bonds is 4. The van der Waals surface area contributed by atoms with Crippen LogP contribution in [0.1, 0.15) is 12.6 Å². The van der Waals surface area contributed by atoms with Crippen molar-refractivity contribution in [1.29, 1.82) is 5.41 Å². The van der Waals surface area contributed by atoms with E-state index < -0.39 is 24.1 Å². The second-order valence-electron chi connectivity index (χ2n) is 4.35. The number of nitrogens with zero attached hydrogens (tertiary/aromatic N) is 2. The molecule has 19 heavy (non-hydrogen) atoms. The van der Waals surface area contributed by atoms with Crippen molar-refractivity contribution in [2.45, 2.75) is 31.4 Å². The highest BCUT2D eigenvalue weighted by atomic mass is 35.5. The zero-order valence-electron chi connectivity index (χ0n) is 10.2. The summed E-state index contributed by atoms with van der Waals surface area (Å²) in [6.07, 6.45) is -0.453. The van der Waals surface area contributed by atoms with Gasteiger partial charge in [0.15, 0.2) is 0 Å². The zero-order chi connectivity index (χ0) is 14.0. The van der Waals surface area contributed by atoms with Crippen LogP contribution in [0.25, 0.3) is 0 Å². The zero-order valence-corrected chi connectivity index (χ0v) is 11.0. The summed E-state index contributed by atoms with van der Waals surface area (Å²) in [6, 6.07) is 1.47. The van der Waals surface area contributed by atoms with Crippen LogP contribution >= 0.6 is 11.6 Å². The maximum atomic E-state index is 12.2. The fourth-order valence-electron chi connectivity index (χ4n) is 2.12. The molecule has 0 radical (unpaired) electrons. The highest BCUT2D eigenvalue weighted by molar-refractivity contribution is 6.17. The number of aromatic nitrogens is 2. The van der Waals surface area contributed by atoms with Crippen molar-refractivity contribution in [3.8, 4) is 0 Å². The van der Waals surface area contributed by atoms with E-state index in [2.05, 4.69) is 0 Å². The summed E-state index contributed by atoms with van der Waals surface area (Å²) < 4.78 is 7.96. The summed E-state index contributed by atoms with van der Waals surface area (Å²) >= 11 is 5.60. The number of ether oxygens (including phenoxy) is 1. The summed E-state index contributed by atoms with van der Waals surface area (Å²) in [5.41, 5.74) is -0.344. The first-order chi connectivity index (χ1) is 9.08. The lowest BCUT2D eigenvalue weighted by molar-refractivity contribution is -0.0463. The smallest absolute Gasteiger partial charge is 0.331 e. The highest BCUT2D eigenvalue weighted by Gasteiger charge is 2.35. The average Bonchev–Trinajstić information content (AvgIpc) is 2.75. The van der Waals surface area contributed by atoms with Crippen molar-refractivity contribution < 1.29 is 14.9 Å². The monoisotopic (exact) mass is 289 g/mol. The predicted molar refractivity (Wildman–Crippen MR) is 66.9 cm³/mol. The summed E-state index contributed by atoms with van der Waals surface area (Å²) in [7, 11) is 0. The van der Waals surface area contributed by atoms with Crippen LogP contribution in [-0.2, 0) is 11.3 Å². The summed E-state index contributed by atoms with van der Waals surface area (Å²) in [5.74, 6) is 0.225. The molecule has 0 aromatic carbocycles. The molecule has 1 aromatic rings. The van der Waals surface area contributed by atoms with Crippen LogP contribution in [0.2, 0.25) is 0 Å². The van der Waals surface area contributed by atoms with E-state index in [1.165, 1.54) is 21.4 Å². The molecule has 0 spiro atoms. The lowest BCUT2D eigenvalue weighted by Gasteiger charge is -2.16. The molecule has 0 saturated carbocycles. The molecule has 3 N–H and O–H groups in total. The Bertz CT molecular complexity index is 556. The van der Waals surface area contributed by atoms with Gasteiger partial charge in [0.2, 0.25) is 0 Å². The number of aliphatic hydroxyl groups excluding tert-OH is 2. The Hall–Kier alpha value is -1.15. The molecule has 1 aliphatic rings. The van der Waals surface area contributed by atoms with E-state index in [4.69, 9.17) is 26.9 Å². The van der Waals surface area contributed by atoms with Crippen molar-refractivity contribution in [3.63, 3.8) is 0 Å². The lowest BCUT2D eigenvalue weighted by Crippen LogP contribution is -2.41. The molecule has 7 nitrogen and oxygen atoms in total. The van der Waals surface area contributed by atoms with E-state index in [-0.39, 0.29) is 30.9 Å². The van der Waals surface area contributed by atoms with Gasteiger partial charge in [-0.15, -0.1) is 11.6 Å². The second kappa shape index (κ2) is 5.87. The van der Waals surface area contributed by atoms with E-state index >= 15 is 0 Å². The van der Waals surface area contributed by atoms with E-state index in [1.807, 2.05) is 0 Å². The Morgan fingerprint density at radius 1 is 1.58 bits per heavy atom. The third-order valence-electron chi connectivity index (χ3n) is 3.14. The molecule has 0 aliphatic carbocycles. The Kier molecular flexibility index (Phi) is 4.41. The van der Waals surface area contributed by atoms with Gasteiger partial charge in [0, 0.05) is 25.0 Å². The molecule has 2 heterocycles. The number of hydrogen-bond acceptors (Lipinski definition) is 5. The summed E-state index contributed by atoms with van der Waals surface area (Å²) in [4.78, 5) is 12.2. The molecule has 0 bridgehead atoms. The predicted octanol–water partition coefficient (Wildman–Crippen LogP) is -0.991. The maximum absolute atomic E-state index is 12.2. The standard InChI is InChI=1S/C11H16ClN3O4/c12-2-4-14-9(13)1-3-15(11(14)18)10-5-7(17)8(6-16)19-10/h1,3,7-8,10,13,16-17H,2,4-6H2/t7-,8+,10+/m0/s1. The molecule has 1 saturated heterocycles. The van der Waals surface area contributed by atoms with Gasteiger partial charge >= 0.3 is 5.69 Å². The van der Waals surface area contributed by atoms with Crippen LogP contribution in [0, 0.1) is 5.41 Å². The first-order valence-electron chi connectivity index (χ1n) is 5.95. The van der Waals surface area contributed by atoms with Gasteiger partial charge in [0.25, 0.3) is 0 Å². The Balaban J connectivity index is 2.34. The lowest BCUT2D eigenvalue weighted by atomic mass is 10.2. The van der Waals surface area contributed by atoms with E-state index in [1.54, 1.807) is 0 Å². The minimum atomic E-state index is -0.806. The molecular weight excluding hydrogens is 274 g/mol. The van der Waals surface area contributed by atoms with Gasteiger partial charge in [-0.1, -0.05) is 0 Å². The van der Waals surface area contributed by atoms with Crippen LogP contribution in [0.15, 0.2) is 17.1 Å². The van der Waals surface area contributed by atoms with Crippen molar-refractivity contribution in [3.05, 3.63) is 28.2 Å². The van der Waals surface area contributed by atoms with Gasteiger partial charge in [-0.25, -0.2) is 4.79 Å². The number of hydrogen-bond donors (Lipinski definition) is 3. The molecule has 106 valence electrons. The van der Waals surface area contributed by atoms with Crippen LogP contribution in [0.5, 0.6) is 0 Å². The van der Waals surface area contributed by atoms with Crippen LogP contribution in [0.3, 0.4) is 0 Å². The Morgan fingerprint density at radius 3 is 2.89 bits per heavy atom. The normalized spacial score (nSPS) is 26.8. The SMILES string of the molecule is N=c1ccn([C@H]2C[C@H](O)[C@@H](CO)O2)c(=O)n1CCCl. The molecular formula is C11H16ClN3O4. The molecule has 0 unspecified atom stereocenters. The molecule has 8 heteroatoms. The summed E-state index contributed by atoms with van der Waals surface area (Å²) in [5, 5.41) is 26.4. The fourth-order valence-corrected chi connectivity index (χ4v) is 2.29. The van der Waals surface area contributed by atoms with Crippen LogP contribution < -0.4 is 11.2 Å². The Morgan fingerprint density at radius 2 is 2.32 bits per heavy atom. The van der Waals surface area contributed by atoms with Crippen molar-refractivity contribution in [1.82, 2.24) is 9.13 Å². The van der Waals surface area contributed by atoms with Gasteiger partial charge in [0.05, 0.1) is 12.7 Å². The molecule has 1 aliphatic heterocycles. The first-order valence-corrected chi connectivity index (χ1v) is 6.49. The number of alkyl halides is 1. The third kappa shape index (κ3) is 2.74. The van der Waals surface area contributed by atoms with E-state index in [0.29, 0.717) is 0 Å². The van der Waals surface area contributed by atoms with E-state index in [0.717, 1.165) is 0 Å². The molecule has 2 rings (SSSR count). The topological polar surface area (TPSA) is 100 Å². The van der Waals surface area contributed by atoms with Gasteiger partial charge < -0.3 is 14.9 Å². The van der Waals surface area contributed by atoms with Crippen molar-refractivity contribution in [2.24, 2.45) is 0 Å². The minimum Gasteiger partial charge on any atom is -0.394 e. The van der Waals surface area contributed by atoms with Crippen LogP contribution in [-0.4, -0.2) is 44.0 Å². The van der Waals surface area contributed by atoms with Crippen LogP contribution in [0.4, 0.5) is 0 Å². The fraction of sp³-hybridized carbons (Fsp3) is 0.636. The summed E-state index contributed by atoms with van der Waals surface area (Å²) in [6.45, 7) is -0.0661. The number of aliphatic hydroxyl groups is 2. The minimum absolute atomic E-state index is 0.0687.